The molecule has 0 radical (unpaired) electrons. The highest BCUT2D eigenvalue weighted by Gasteiger charge is 2.43. The monoisotopic (exact) mass is 423 g/mol. The Kier molecular flexibility index (Phi) is 4.96. The summed E-state index contributed by atoms with van der Waals surface area (Å²) in [5, 5.41) is 34.2. The summed E-state index contributed by atoms with van der Waals surface area (Å²) in [5.74, 6) is 0. The minimum absolute atomic E-state index is 0.192. The minimum Gasteiger partial charge on any atom is -0.394 e. The number of para-hydroxylation sites is 1. The molecule has 7 nitrogen and oxygen atoms in total. The van der Waals surface area contributed by atoms with Gasteiger partial charge in [-0.15, -0.1) is 0 Å². The van der Waals surface area contributed by atoms with Gasteiger partial charge in [-0.25, -0.2) is 4.57 Å². The number of aryl methyl sites for hydroxylation is 3. The van der Waals surface area contributed by atoms with Crippen LogP contribution in [-0.2, 0) is 30.2 Å². The fourth-order valence-corrected chi connectivity index (χ4v) is 4.88. The first-order chi connectivity index (χ1) is 14.9. The molecule has 0 unspecified atom stereocenters. The number of pyridine rings is 1. The van der Waals surface area contributed by atoms with E-state index >= 15 is 0 Å². The topological polar surface area (TPSA) is 88.0 Å². The van der Waals surface area contributed by atoms with Gasteiger partial charge in [0.1, 0.15) is 25.4 Å². The van der Waals surface area contributed by atoms with Crippen LogP contribution in [0.4, 0.5) is 0 Å². The van der Waals surface area contributed by atoms with Crippen LogP contribution in [0.15, 0.2) is 42.7 Å². The summed E-state index contributed by atoms with van der Waals surface area (Å²) in [6.45, 7) is 1.95. The highest BCUT2D eigenvalue weighted by molar-refractivity contribution is 6.16. The van der Waals surface area contributed by atoms with E-state index in [1.165, 1.54) is 5.56 Å². The van der Waals surface area contributed by atoms with Crippen molar-refractivity contribution >= 4 is 32.6 Å². The quantitative estimate of drug-likeness (QED) is 0.434. The van der Waals surface area contributed by atoms with E-state index < -0.39 is 24.6 Å². The maximum Gasteiger partial charge on any atom is 0.187 e. The number of aliphatic hydroxyl groups excluding tert-OH is 3. The molecule has 3 heterocycles. The number of aliphatic hydroxyl groups is 3. The highest BCUT2D eigenvalue weighted by atomic mass is 16.7. The SMILES string of the molecule is Cc1c2cc[n+](C)cc2c(CO[C@H]2O[C@@H](CO)[C@@H](O)[C@H]2O)c2c3ccccc3n(C)c12. The molecule has 1 aliphatic heterocycles. The Hall–Kier alpha value is -2.55. The second kappa shape index (κ2) is 7.55. The van der Waals surface area contributed by atoms with Gasteiger partial charge < -0.3 is 29.4 Å². The molecule has 1 fully saturated rings. The van der Waals surface area contributed by atoms with E-state index in [1.54, 1.807) is 0 Å². The predicted molar refractivity (Wildman–Crippen MR) is 116 cm³/mol. The van der Waals surface area contributed by atoms with Gasteiger partial charge in [0.2, 0.25) is 0 Å². The molecule has 2 aromatic carbocycles. The van der Waals surface area contributed by atoms with Gasteiger partial charge in [0.25, 0.3) is 0 Å². The lowest BCUT2D eigenvalue weighted by molar-refractivity contribution is -0.670. The number of hydrogen-bond acceptors (Lipinski definition) is 5. The van der Waals surface area contributed by atoms with Crippen molar-refractivity contribution in [2.75, 3.05) is 6.61 Å². The van der Waals surface area contributed by atoms with Crippen molar-refractivity contribution in [3.63, 3.8) is 0 Å². The molecular weight excluding hydrogens is 396 g/mol. The third kappa shape index (κ3) is 3.04. The first-order valence-corrected chi connectivity index (χ1v) is 10.4. The second-order valence-corrected chi connectivity index (χ2v) is 8.36. The fourth-order valence-electron chi connectivity index (χ4n) is 4.88. The van der Waals surface area contributed by atoms with E-state index in [1.807, 2.05) is 29.9 Å². The summed E-state index contributed by atoms with van der Waals surface area (Å²) in [5.41, 5.74) is 4.47. The molecule has 5 rings (SSSR count). The Balaban J connectivity index is 1.71. The van der Waals surface area contributed by atoms with Crippen molar-refractivity contribution in [1.82, 2.24) is 4.57 Å². The molecule has 0 spiro atoms. The van der Waals surface area contributed by atoms with Gasteiger partial charge in [-0.1, -0.05) is 18.2 Å². The maximum atomic E-state index is 10.3. The zero-order valence-electron chi connectivity index (χ0n) is 17.8. The second-order valence-electron chi connectivity index (χ2n) is 8.36. The predicted octanol–water partition coefficient (Wildman–Crippen LogP) is 1.57. The van der Waals surface area contributed by atoms with Gasteiger partial charge in [0.15, 0.2) is 18.7 Å². The summed E-state index contributed by atoms with van der Waals surface area (Å²) >= 11 is 0. The molecule has 4 atom stereocenters. The average Bonchev–Trinajstić information content (AvgIpc) is 3.22. The van der Waals surface area contributed by atoms with Crippen LogP contribution in [0.2, 0.25) is 0 Å². The van der Waals surface area contributed by atoms with E-state index in [2.05, 4.69) is 42.9 Å². The molecular formula is C24H27N2O5+. The summed E-state index contributed by atoms with van der Waals surface area (Å²) in [6.07, 6.45) is -0.149. The molecule has 31 heavy (non-hydrogen) atoms. The molecule has 3 N–H and O–H groups in total. The molecule has 0 aliphatic carbocycles. The number of benzene rings is 2. The van der Waals surface area contributed by atoms with Crippen LogP contribution in [0.1, 0.15) is 11.1 Å². The van der Waals surface area contributed by atoms with Crippen LogP contribution in [0.5, 0.6) is 0 Å². The van der Waals surface area contributed by atoms with Crippen molar-refractivity contribution in [3.8, 4) is 0 Å². The van der Waals surface area contributed by atoms with Gasteiger partial charge in [0, 0.05) is 35.0 Å². The number of aromatic nitrogens is 2. The van der Waals surface area contributed by atoms with E-state index in [0.29, 0.717) is 0 Å². The number of fused-ring (bicyclic) bond motifs is 4. The van der Waals surface area contributed by atoms with Crippen molar-refractivity contribution in [2.45, 2.75) is 38.1 Å². The molecule has 162 valence electrons. The maximum absolute atomic E-state index is 10.3. The van der Waals surface area contributed by atoms with Crippen LogP contribution in [0.3, 0.4) is 0 Å². The Labute approximate surface area is 179 Å². The van der Waals surface area contributed by atoms with E-state index in [0.717, 1.165) is 38.1 Å². The Morgan fingerprint density at radius 3 is 2.61 bits per heavy atom. The van der Waals surface area contributed by atoms with E-state index in [-0.39, 0.29) is 13.2 Å². The lowest BCUT2D eigenvalue weighted by atomic mass is 9.96. The van der Waals surface area contributed by atoms with Gasteiger partial charge in [-0.2, -0.15) is 0 Å². The van der Waals surface area contributed by atoms with Gasteiger partial charge in [0.05, 0.1) is 24.1 Å². The molecule has 0 amide bonds. The molecule has 4 aromatic rings. The summed E-state index contributed by atoms with van der Waals surface area (Å²) < 4.78 is 15.8. The number of rotatable bonds is 4. The normalized spacial score (nSPS) is 24.1. The first-order valence-electron chi connectivity index (χ1n) is 10.4. The molecule has 0 saturated carbocycles. The Morgan fingerprint density at radius 2 is 1.87 bits per heavy atom. The van der Waals surface area contributed by atoms with Crippen molar-refractivity contribution in [1.29, 1.82) is 0 Å². The Bertz CT molecular complexity index is 1300. The highest BCUT2D eigenvalue weighted by Crippen LogP contribution is 2.39. The summed E-state index contributed by atoms with van der Waals surface area (Å²) in [7, 11) is 4.06. The standard InChI is InChI=1S/C24H27N2O5/c1-13-14-8-9-25(2)10-16(14)17(12-30-24-23(29)22(28)19(11-27)31-24)20-15-6-4-5-7-18(15)26(3)21(13)20/h4-10,19,22-24,27-29H,11-12H2,1-3H3/q+1/t19-,22+,23+,24-/m0/s1. The fraction of sp³-hybridized carbons (Fsp3) is 0.375. The van der Waals surface area contributed by atoms with Crippen molar-refractivity contribution in [3.05, 3.63) is 53.9 Å². The first kappa shape index (κ1) is 20.4. The van der Waals surface area contributed by atoms with Gasteiger partial charge >= 0.3 is 0 Å². The zero-order valence-corrected chi connectivity index (χ0v) is 17.8. The van der Waals surface area contributed by atoms with Gasteiger partial charge in [-0.3, -0.25) is 0 Å². The van der Waals surface area contributed by atoms with Gasteiger partial charge in [-0.05, 0) is 23.9 Å². The lowest BCUT2D eigenvalue weighted by Crippen LogP contribution is -2.34. The minimum atomic E-state index is -1.21. The average molecular weight is 423 g/mol. The number of ether oxygens (including phenoxy) is 2. The van der Waals surface area contributed by atoms with Crippen LogP contribution < -0.4 is 4.57 Å². The molecule has 7 heteroatoms. The van der Waals surface area contributed by atoms with Crippen molar-refractivity contribution in [2.24, 2.45) is 14.1 Å². The zero-order chi connectivity index (χ0) is 21.9. The van der Waals surface area contributed by atoms with E-state index in [4.69, 9.17) is 9.47 Å². The van der Waals surface area contributed by atoms with Crippen LogP contribution in [0.25, 0.3) is 32.6 Å². The van der Waals surface area contributed by atoms with Crippen LogP contribution >= 0.6 is 0 Å². The third-order valence-corrected chi connectivity index (χ3v) is 6.48. The molecule has 1 saturated heterocycles. The van der Waals surface area contributed by atoms with Crippen LogP contribution in [0, 0.1) is 6.92 Å². The third-order valence-electron chi connectivity index (χ3n) is 6.48. The van der Waals surface area contributed by atoms with Crippen LogP contribution in [-0.4, -0.2) is 51.1 Å². The number of nitrogens with zero attached hydrogens (tertiary/aromatic N) is 2. The summed E-state index contributed by atoms with van der Waals surface area (Å²) in [6, 6.07) is 10.4. The number of hydrogen-bond donors (Lipinski definition) is 3. The smallest absolute Gasteiger partial charge is 0.187 e. The van der Waals surface area contributed by atoms with E-state index in [9.17, 15) is 15.3 Å². The molecule has 0 bridgehead atoms. The lowest BCUT2D eigenvalue weighted by Gasteiger charge is -2.18. The molecule has 1 aliphatic rings. The summed E-state index contributed by atoms with van der Waals surface area (Å²) in [4.78, 5) is 0. The Morgan fingerprint density at radius 1 is 1.10 bits per heavy atom. The molecule has 2 aromatic heterocycles. The van der Waals surface area contributed by atoms with Crippen molar-refractivity contribution < 1.29 is 29.4 Å². The largest absolute Gasteiger partial charge is 0.394 e.